The van der Waals surface area contributed by atoms with Gasteiger partial charge in [0.1, 0.15) is 0 Å². The van der Waals surface area contributed by atoms with Crippen molar-refractivity contribution in [1.82, 2.24) is 0 Å². The fourth-order valence-corrected chi connectivity index (χ4v) is 2.45. The molecule has 2 rings (SSSR count). The van der Waals surface area contributed by atoms with E-state index in [1.54, 1.807) is 0 Å². The molecule has 20 heavy (non-hydrogen) atoms. The van der Waals surface area contributed by atoms with Crippen molar-refractivity contribution in [2.45, 2.75) is 45.6 Å². The summed E-state index contributed by atoms with van der Waals surface area (Å²) in [5, 5.41) is 0. The monoisotopic (exact) mass is 267 g/mol. The SMILES string of the molecule is Cc1ccc(C(C)(C)c2cccc(C(C)(C)N)c2)cc1. The maximum absolute atomic E-state index is 6.23. The average Bonchev–Trinajstić information content (AvgIpc) is 2.38. The fraction of sp³-hybridized carbons (Fsp3) is 0.368. The van der Waals surface area contributed by atoms with E-state index in [-0.39, 0.29) is 11.0 Å². The van der Waals surface area contributed by atoms with Crippen LogP contribution in [0.4, 0.5) is 0 Å². The van der Waals surface area contributed by atoms with Gasteiger partial charge in [-0.15, -0.1) is 0 Å². The Labute approximate surface area is 122 Å². The summed E-state index contributed by atoms with van der Waals surface area (Å²) in [4.78, 5) is 0. The molecule has 0 atom stereocenters. The van der Waals surface area contributed by atoms with Gasteiger partial charge in [-0.1, -0.05) is 67.9 Å². The Morgan fingerprint density at radius 1 is 0.750 bits per heavy atom. The van der Waals surface area contributed by atoms with Gasteiger partial charge in [0.15, 0.2) is 0 Å². The summed E-state index contributed by atoms with van der Waals surface area (Å²) in [6, 6.07) is 17.4. The lowest BCUT2D eigenvalue weighted by Crippen LogP contribution is -2.29. The third-order valence-corrected chi connectivity index (χ3v) is 4.10. The highest BCUT2D eigenvalue weighted by molar-refractivity contribution is 5.41. The van der Waals surface area contributed by atoms with Crippen LogP contribution in [0.3, 0.4) is 0 Å². The Hall–Kier alpha value is -1.60. The van der Waals surface area contributed by atoms with Gasteiger partial charge >= 0.3 is 0 Å². The zero-order valence-electron chi connectivity index (χ0n) is 13.2. The van der Waals surface area contributed by atoms with Crippen molar-refractivity contribution in [3.8, 4) is 0 Å². The van der Waals surface area contributed by atoms with Crippen LogP contribution < -0.4 is 5.73 Å². The molecule has 0 spiro atoms. The lowest BCUT2D eigenvalue weighted by molar-refractivity contribution is 0.549. The molecular formula is C19H25N. The molecule has 2 aromatic carbocycles. The van der Waals surface area contributed by atoms with Crippen LogP contribution in [0.5, 0.6) is 0 Å². The lowest BCUT2D eigenvalue weighted by Gasteiger charge is -2.28. The van der Waals surface area contributed by atoms with Crippen molar-refractivity contribution in [3.05, 3.63) is 70.8 Å². The van der Waals surface area contributed by atoms with Crippen molar-refractivity contribution in [2.24, 2.45) is 5.73 Å². The van der Waals surface area contributed by atoms with E-state index in [4.69, 9.17) is 5.73 Å². The molecule has 0 heterocycles. The standard InChI is InChI=1S/C19H25N/c1-14-9-11-15(12-10-14)18(2,3)16-7-6-8-17(13-16)19(4,5)20/h6-13H,20H2,1-5H3. The van der Waals surface area contributed by atoms with Crippen LogP contribution in [-0.4, -0.2) is 0 Å². The van der Waals surface area contributed by atoms with Crippen molar-refractivity contribution < 1.29 is 0 Å². The van der Waals surface area contributed by atoms with Crippen LogP contribution >= 0.6 is 0 Å². The Balaban J connectivity index is 2.46. The fourth-order valence-electron chi connectivity index (χ4n) is 2.45. The van der Waals surface area contributed by atoms with Gasteiger partial charge in [-0.2, -0.15) is 0 Å². The lowest BCUT2D eigenvalue weighted by atomic mass is 9.76. The molecule has 0 saturated heterocycles. The largest absolute Gasteiger partial charge is 0.322 e. The van der Waals surface area contributed by atoms with E-state index in [9.17, 15) is 0 Å². The molecule has 1 nitrogen and oxygen atoms in total. The van der Waals surface area contributed by atoms with Gasteiger partial charge in [0.05, 0.1) is 0 Å². The molecule has 2 aromatic rings. The maximum Gasteiger partial charge on any atom is 0.0352 e. The van der Waals surface area contributed by atoms with Crippen LogP contribution in [0.25, 0.3) is 0 Å². The third kappa shape index (κ3) is 2.94. The number of hydrogen-bond donors (Lipinski definition) is 1. The zero-order chi connectivity index (χ0) is 15.0. The van der Waals surface area contributed by atoms with Gasteiger partial charge in [-0.3, -0.25) is 0 Å². The average molecular weight is 267 g/mol. The first-order valence-corrected chi connectivity index (χ1v) is 7.18. The predicted octanol–water partition coefficient (Wildman–Crippen LogP) is 4.51. The van der Waals surface area contributed by atoms with Crippen LogP contribution in [0.15, 0.2) is 48.5 Å². The van der Waals surface area contributed by atoms with Crippen LogP contribution in [0.2, 0.25) is 0 Å². The predicted molar refractivity (Wildman–Crippen MR) is 87.0 cm³/mol. The summed E-state index contributed by atoms with van der Waals surface area (Å²) in [6.45, 7) is 10.7. The highest BCUT2D eigenvalue weighted by Crippen LogP contribution is 2.33. The van der Waals surface area contributed by atoms with Crippen molar-refractivity contribution in [2.75, 3.05) is 0 Å². The van der Waals surface area contributed by atoms with E-state index < -0.39 is 0 Å². The molecule has 0 unspecified atom stereocenters. The first kappa shape index (κ1) is 14.8. The smallest absolute Gasteiger partial charge is 0.0352 e. The van der Waals surface area contributed by atoms with Crippen LogP contribution in [-0.2, 0) is 11.0 Å². The van der Waals surface area contributed by atoms with Gasteiger partial charge in [-0.25, -0.2) is 0 Å². The second-order valence-electron chi connectivity index (χ2n) is 6.79. The molecule has 2 N–H and O–H groups in total. The van der Waals surface area contributed by atoms with Crippen molar-refractivity contribution in [3.63, 3.8) is 0 Å². The molecule has 0 aliphatic carbocycles. The first-order valence-electron chi connectivity index (χ1n) is 7.18. The molecule has 1 heteroatoms. The minimum atomic E-state index is -0.306. The molecule has 0 amide bonds. The Morgan fingerprint density at radius 3 is 1.85 bits per heavy atom. The summed E-state index contributed by atoms with van der Waals surface area (Å²) >= 11 is 0. The minimum Gasteiger partial charge on any atom is -0.322 e. The molecule has 0 aromatic heterocycles. The van der Waals surface area contributed by atoms with Crippen LogP contribution in [0.1, 0.15) is 49.9 Å². The zero-order valence-corrected chi connectivity index (χ0v) is 13.2. The highest BCUT2D eigenvalue weighted by Gasteiger charge is 2.24. The molecule has 0 aliphatic heterocycles. The third-order valence-electron chi connectivity index (χ3n) is 4.10. The Kier molecular flexibility index (Phi) is 3.75. The molecule has 0 fully saturated rings. The first-order chi connectivity index (χ1) is 9.21. The highest BCUT2D eigenvalue weighted by atomic mass is 14.7. The molecular weight excluding hydrogens is 242 g/mol. The summed E-state index contributed by atoms with van der Waals surface area (Å²) in [6.07, 6.45) is 0. The Bertz CT molecular complexity index is 586. The van der Waals surface area contributed by atoms with E-state index in [0.29, 0.717) is 0 Å². The topological polar surface area (TPSA) is 26.0 Å². The molecule has 0 bridgehead atoms. The molecule has 0 aliphatic rings. The van der Waals surface area contributed by atoms with Crippen LogP contribution in [0, 0.1) is 6.92 Å². The second kappa shape index (κ2) is 5.06. The number of rotatable bonds is 3. The summed E-state index contributed by atoms with van der Waals surface area (Å²) < 4.78 is 0. The number of nitrogens with two attached hydrogens (primary N) is 1. The van der Waals surface area contributed by atoms with E-state index >= 15 is 0 Å². The van der Waals surface area contributed by atoms with Crippen molar-refractivity contribution >= 4 is 0 Å². The second-order valence-corrected chi connectivity index (χ2v) is 6.79. The Morgan fingerprint density at radius 2 is 1.30 bits per heavy atom. The van der Waals surface area contributed by atoms with E-state index in [0.717, 1.165) is 0 Å². The minimum absolute atomic E-state index is 0.0189. The summed E-state index contributed by atoms with van der Waals surface area (Å²) in [7, 11) is 0. The van der Waals surface area contributed by atoms with Gasteiger partial charge in [0.2, 0.25) is 0 Å². The number of hydrogen-bond acceptors (Lipinski definition) is 1. The molecule has 0 radical (unpaired) electrons. The summed E-state index contributed by atoms with van der Waals surface area (Å²) in [5.74, 6) is 0. The van der Waals surface area contributed by atoms with Gasteiger partial charge in [-0.05, 0) is 37.5 Å². The summed E-state index contributed by atoms with van der Waals surface area (Å²) in [5.41, 5.74) is 11.0. The number of benzene rings is 2. The van der Waals surface area contributed by atoms with Gasteiger partial charge in [0.25, 0.3) is 0 Å². The van der Waals surface area contributed by atoms with E-state index in [1.165, 1.54) is 22.3 Å². The normalized spacial score (nSPS) is 12.5. The molecule has 106 valence electrons. The quantitative estimate of drug-likeness (QED) is 0.869. The maximum atomic E-state index is 6.23. The number of aryl methyl sites for hydroxylation is 1. The van der Waals surface area contributed by atoms with E-state index in [1.807, 2.05) is 13.8 Å². The van der Waals surface area contributed by atoms with Crippen molar-refractivity contribution in [1.29, 1.82) is 0 Å². The van der Waals surface area contributed by atoms with Gasteiger partial charge < -0.3 is 5.73 Å². The van der Waals surface area contributed by atoms with Gasteiger partial charge in [0, 0.05) is 11.0 Å². The van der Waals surface area contributed by atoms with E-state index in [2.05, 4.69) is 69.3 Å². The molecule has 0 saturated carbocycles.